The van der Waals surface area contributed by atoms with Gasteiger partial charge >= 0.3 is 0 Å². The lowest BCUT2D eigenvalue weighted by molar-refractivity contribution is -0.394. The number of allylic oxidation sites excluding steroid dienone is 1. The van der Waals surface area contributed by atoms with E-state index in [1.165, 1.54) is 12.1 Å². The Morgan fingerprint density at radius 2 is 1.72 bits per heavy atom. The maximum Gasteiger partial charge on any atom is 0.283 e. The van der Waals surface area contributed by atoms with Gasteiger partial charge in [0.15, 0.2) is 0 Å². The Bertz CT molecular complexity index is 918. The lowest BCUT2D eigenvalue weighted by atomic mass is 9.83. The van der Waals surface area contributed by atoms with Gasteiger partial charge in [0.25, 0.3) is 11.4 Å². The molecule has 1 heterocycles. The van der Waals surface area contributed by atoms with E-state index in [0.29, 0.717) is 5.56 Å². The summed E-state index contributed by atoms with van der Waals surface area (Å²) < 4.78 is 0. The summed E-state index contributed by atoms with van der Waals surface area (Å²) in [6.45, 7) is 4.11. The van der Waals surface area contributed by atoms with Gasteiger partial charge in [-0.15, -0.1) is 0 Å². The molecule has 0 saturated heterocycles. The second-order valence-electron chi connectivity index (χ2n) is 6.49. The largest absolute Gasteiger partial charge is 0.347 e. The molecule has 25 heavy (non-hydrogen) atoms. The fourth-order valence-electron chi connectivity index (χ4n) is 3.33. The lowest BCUT2D eigenvalue weighted by Gasteiger charge is -2.24. The smallest absolute Gasteiger partial charge is 0.283 e. The van der Waals surface area contributed by atoms with Crippen LogP contribution in [0.3, 0.4) is 0 Å². The molecule has 0 fully saturated rings. The van der Waals surface area contributed by atoms with Gasteiger partial charge in [0, 0.05) is 29.9 Å². The van der Waals surface area contributed by atoms with Crippen molar-refractivity contribution in [1.82, 2.24) is 0 Å². The minimum absolute atomic E-state index is 0.276. The average Bonchev–Trinajstić information content (AvgIpc) is 2.76. The predicted octanol–water partition coefficient (Wildman–Crippen LogP) is 4.27. The minimum Gasteiger partial charge on any atom is -0.347 e. The maximum atomic E-state index is 11.4. The van der Waals surface area contributed by atoms with Crippen molar-refractivity contribution in [1.29, 1.82) is 0 Å². The molecule has 2 aromatic carbocycles. The number of hydrogen-bond acceptors (Lipinski definition) is 5. The van der Waals surface area contributed by atoms with E-state index < -0.39 is 9.85 Å². The molecule has 2 aromatic rings. The van der Waals surface area contributed by atoms with E-state index in [9.17, 15) is 20.2 Å². The van der Waals surface area contributed by atoms with E-state index in [2.05, 4.69) is 13.8 Å². The van der Waals surface area contributed by atoms with E-state index in [0.717, 1.165) is 23.0 Å². The van der Waals surface area contributed by atoms with Crippen LogP contribution in [0.2, 0.25) is 0 Å². The van der Waals surface area contributed by atoms with Crippen LogP contribution in [0, 0.1) is 20.2 Å². The molecule has 0 aromatic heterocycles. The zero-order chi connectivity index (χ0) is 18.4. The minimum atomic E-state index is -0.634. The number of benzene rings is 2. The van der Waals surface area contributed by atoms with Crippen LogP contribution in [-0.2, 0) is 5.41 Å². The number of nitrogens with zero attached hydrogens (tertiary/aromatic N) is 3. The zero-order valence-electron chi connectivity index (χ0n) is 14.1. The standard InChI is InChI=1S/C18H17N3O4/c1-18(2)14-6-4-5-7-15(14)19(3)17(18)10-12-8-9-13(20(22)23)11-16(12)21(24)25/h4-11H,1-3H3/b17-10-. The van der Waals surface area contributed by atoms with Crippen molar-refractivity contribution in [2.45, 2.75) is 19.3 Å². The summed E-state index contributed by atoms with van der Waals surface area (Å²) in [6, 6.07) is 11.7. The molecule has 0 aliphatic carbocycles. The molecule has 3 rings (SSSR count). The van der Waals surface area contributed by atoms with Gasteiger partial charge in [-0.2, -0.15) is 0 Å². The van der Waals surface area contributed by atoms with Gasteiger partial charge in [-0.3, -0.25) is 20.2 Å². The number of nitro groups is 2. The number of hydrogen-bond donors (Lipinski definition) is 0. The third kappa shape index (κ3) is 2.63. The van der Waals surface area contributed by atoms with Crippen molar-refractivity contribution in [3.63, 3.8) is 0 Å². The molecular weight excluding hydrogens is 322 g/mol. The van der Waals surface area contributed by atoms with E-state index >= 15 is 0 Å². The first-order valence-corrected chi connectivity index (χ1v) is 7.71. The van der Waals surface area contributed by atoms with Crippen molar-refractivity contribution < 1.29 is 9.85 Å². The van der Waals surface area contributed by atoms with Crippen LogP contribution < -0.4 is 4.90 Å². The summed E-state index contributed by atoms with van der Waals surface area (Å²) >= 11 is 0. The molecule has 7 heteroatoms. The highest BCUT2D eigenvalue weighted by Crippen LogP contribution is 2.47. The third-order valence-corrected chi connectivity index (χ3v) is 4.65. The second kappa shape index (κ2) is 5.70. The molecule has 0 amide bonds. The Hall–Kier alpha value is -3.22. The van der Waals surface area contributed by atoms with Crippen molar-refractivity contribution in [2.24, 2.45) is 0 Å². The molecule has 1 aliphatic heterocycles. The van der Waals surface area contributed by atoms with Crippen molar-refractivity contribution >= 4 is 23.1 Å². The highest BCUT2D eigenvalue weighted by Gasteiger charge is 2.38. The Morgan fingerprint density at radius 1 is 1.04 bits per heavy atom. The van der Waals surface area contributed by atoms with Gasteiger partial charge in [-0.1, -0.05) is 32.0 Å². The predicted molar refractivity (Wildman–Crippen MR) is 95.6 cm³/mol. The molecule has 0 N–H and O–H groups in total. The number of rotatable bonds is 3. The van der Waals surface area contributed by atoms with E-state index in [1.807, 2.05) is 36.2 Å². The molecule has 1 aliphatic rings. The summed E-state index contributed by atoms with van der Waals surface area (Å²) in [7, 11) is 1.91. The second-order valence-corrected chi connectivity index (χ2v) is 6.49. The molecule has 0 saturated carbocycles. The van der Waals surface area contributed by atoms with Crippen LogP contribution in [-0.4, -0.2) is 16.9 Å². The maximum absolute atomic E-state index is 11.4. The number of para-hydroxylation sites is 1. The van der Waals surface area contributed by atoms with Gasteiger partial charge in [-0.05, 0) is 23.8 Å². The monoisotopic (exact) mass is 339 g/mol. The van der Waals surface area contributed by atoms with Crippen molar-refractivity contribution in [3.05, 3.63) is 79.5 Å². The number of likely N-dealkylation sites (N-methyl/N-ethyl adjacent to an activating group) is 1. The van der Waals surface area contributed by atoms with Crippen LogP contribution in [0.1, 0.15) is 25.0 Å². The van der Waals surface area contributed by atoms with Crippen molar-refractivity contribution in [3.8, 4) is 0 Å². The number of fused-ring (bicyclic) bond motifs is 1. The Balaban J connectivity index is 2.16. The normalized spacial score (nSPS) is 16.8. The molecule has 128 valence electrons. The van der Waals surface area contributed by atoms with E-state index in [4.69, 9.17) is 0 Å². The number of anilines is 1. The molecule has 0 radical (unpaired) electrons. The molecule has 7 nitrogen and oxygen atoms in total. The molecule has 0 spiro atoms. The van der Waals surface area contributed by atoms with Crippen molar-refractivity contribution in [2.75, 3.05) is 11.9 Å². The third-order valence-electron chi connectivity index (χ3n) is 4.65. The van der Waals surface area contributed by atoms with Crippen LogP contribution in [0.4, 0.5) is 17.1 Å². The lowest BCUT2D eigenvalue weighted by Crippen LogP contribution is -2.22. The highest BCUT2D eigenvalue weighted by molar-refractivity contribution is 5.77. The van der Waals surface area contributed by atoms with Crippen LogP contribution in [0.5, 0.6) is 0 Å². The Labute approximate surface area is 144 Å². The van der Waals surface area contributed by atoms with Crippen LogP contribution >= 0.6 is 0 Å². The van der Waals surface area contributed by atoms with Crippen LogP contribution in [0.15, 0.2) is 48.2 Å². The fraction of sp³-hybridized carbons (Fsp3) is 0.222. The van der Waals surface area contributed by atoms with Gasteiger partial charge in [0.05, 0.1) is 21.5 Å². The summed E-state index contributed by atoms with van der Waals surface area (Å²) in [4.78, 5) is 23.0. The van der Waals surface area contributed by atoms with Gasteiger partial charge in [0.2, 0.25) is 0 Å². The Morgan fingerprint density at radius 3 is 2.32 bits per heavy atom. The SMILES string of the molecule is CN1/C(=C\c2ccc([N+](=O)[O-])cc2[N+](=O)[O-])C(C)(C)c2ccccc21. The topological polar surface area (TPSA) is 89.5 Å². The number of non-ortho nitro benzene ring substituents is 1. The molecule has 0 atom stereocenters. The van der Waals surface area contributed by atoms with E-state index in [1.54, 1.807) is 6.08 Å². The first-order valence-electron chi connectivity index (χ1n) is 7.71. The summed E-state index contributed by atoms with van der Waals surface area (Å²) in [6.07, 6.45) is 1.74. The summed E-state index contributed by atoms with van der Waals surface area (Å²) in [5, 5.41) is 22.3. The quantitative estimate of drug-likeness (QED) is 0.615. The molecular formula is C18H17N3O4. The van der Waals surface area contributed by atoms with Gasteiger partial charge < -0.3 is 4.90 Å². The van der Waals surface area contributed by atoms with E-state index in [-0.39, 0.29) is 16.8 Å². The first-order chi connectivity index (χ1) is 11.7. The Kier molecular flexibility index (Phi) is 3.79. The van der Waals surface area contributed by atoms with Crippen LogP contribution in [0.25, 0.3) is 6.08 Å². The summed E-state index contributed by atoms with van der Waals surface area (Å²) in [5.74, 6) is 0. The van der Waals surface area contributed by atoms with Gasteiger partial charge in [-0.25, -0.2) is 0 Å². The first kappa shape index (κ1) is 16.6. The fourth-order valence-corrected chi connectivity index (χ4v) is 3.33. The summed E-state index contributed by atoms with van der Waals surface area (Å²) in [5.41, 5.74) is 2.51. The average molecular weight is 339 g/mol. The molecule has 0 unspecified atom stereocenters. The highest BCUT2D eigenvalue weighted by atomic mass is 16.6. The number of nitro benzene ring substituents is 2. The van der Waals surface area contributed by atoms with Gasteiger partial charge in [0.1, 0.15) is 0 Å². The zero-order valence-corrected chi connectivity index (χ0v) is 14.1. The molecule has 0 bridgehead atoms.